The summed E-state index contributed by atoms with van der Waals surface area (Å²) in [4.78, 5) is 0. The maximum absolute atomic E-state index is 14.1. The molecule has 0 N–H and O–H groups in total. The minimum absolute atomic E-state index is 0.0258. The van der Waals surface area contributed by atoms with E-state index < -0.39 is 24.5 Å². The second-order valence-corrected chi connectivity index (χ2v) is 7.51. The summed E-state index contributed by atoms with van der Waals surface area (Å²) >= 11 is 0. The lowest BCUT2D eigenvalue weighted by atomic mass is 9.63. The smallest absolute Gasteiger partial charge is 0.141 e. The van der Waals surface area contributed by atoms with E-state index in [9.17, 15) is 4.39 Å². The van der Waals surface area contributed by atoms with Gasteiger partial charge >= 0.3 is 0 Å². The molecule has 5 unspecified atom stereocenters. The molecule has 24 heavy (non-hydrogen) atoms. The molecule has 2 heteroatoms. The molecule has 0 spiro atoms. The first-order chi connectivity index (χ1) is 12.9. The van der Waals surface area contributed by atoms with E-state index in [2.05, 4.69) is 6.92 Å². The van der Waals surface area contributed by atoms with Crippen LogP contribution in [0.15, 0.2) is 18.2 Å². The molecule has 2 aliphatic rings. The second kappa shape index (κ2) is 8.15. The zero-order valence-corrected chi connectivity index (χ0v) is 14.6. The van der Waals surface area contributed by atoms with E-state index in [-0.39, 0.29) is 17.4 Å². The molecule has 2 fully saturated rings. The van der Waals surface area contributed by atoms with Gasteiger partial charge in [-0.25, -0.2) is 4.39 Å². The number of halogens is 1. The lowest BCUT2D eigenvalue weighted by Gasteiger charge is -2.42. The zero-order valence-electron chi connectivity index (χ0n) is 17.6. The molecule has 0 radical (unpaired) electrons. The lowest BCUT2D eigenvalue weighted by molar-refractivity contribution is 0.113. The van der Waals surface area contributed by atoms with Crippen molar-refractivity contribution in [2.45, 2.75) is 77.0 Å². The van der Waals surface area contributed by atoms with Crippen LogP contribution in [0, 0.1) is 34.9 Å². The molecule has 1 aromatic rings. The summed E-state index contributed by atoms with van der Waals surface area (Å²) in [5.74, 6) is -0.352. The fourth-order valence-corrected chi connectivity index (χ4v) is 4.44. The van der Waals surface area contributed by atoms with Gasteiger partial charge in [-0.1, -0.05) is 45.1 Å². The SMILES string of the molecule is [2H]C1CC2CC(CCCCC)CCC2C([2H])([2H])C1c1ccc(C#N)c(F)c1. The highest BCUT2D eigenvalue weighted by Gasteiger charge is 2.35. The van der Waals surface area contributed by atoms with Crippen LogP contribution in [0.2, 0.25) is 0 Å². The average molecular weight is 331 g/mol. The Morgan fingerprint density at radius 1 is 1.25 bits per heavy atom. The summed E-state index contributed by atoms with van der Waals surface area (Å²) in [6.07, 6.45) is 6.57. The molecule has 0 heterocycles. The molecule has 0 saturated heterocycles. The molecule has 0 bridgehead atoms. The molecule has 5 atom stereocenters. The van der Waals surface area contributed by atoms with Gasteiger partial charge in [-0.05, 0) is 73.4 Å². The minimum atomic E-state index is -1.51. The van der Waals surface area contributed by atoms with Crippen LogP contribution in [0.5, 0.6) is 0 Å². The van der Waals surface area contributed by atoms with Crippen molar-refractivity contribution in [1.29, 1.82) is 5.26 Å². The Morgan fingerprint density at radius 3 is 2.88 bits per heavy atom. The summed E-state index contributed by atoms with van der Waals surface area (Å²) in [6, 6.07) is 6.15. The second-order valence-electron chi connectivity index (χ2n) is 7.51. The number of unbranched alkanes of at least 4 members (excludes halogenated alkanes) is 2. The van der Waals surface area contributed by atoms with Crippen molar-refractivity contribution in [2.24, 2.45) is 17.8 Å². The van der Waals surface area contributed by atoms with Crippen molar-refractivity contribution < 1.29 is 8.50 Å². The van der Waals surface area contributed by atoms with Crippen molar-refractivity contribution in [3.8, 4) is 6.07 Å². The molecule has 3 rings (SSSR count). The third-order valence-electron chi connectivity index (χ3n) is 5.85. The van der Waals surface area contributed by atoms with Gasteiger partial charge in [-0.3, -0.25) is 0 Å². The minimum Gasteiger partial charge on any atom is -0.206 e. The van der Waals surface area contributed by atoms with Gasteiger partial charge in [0.2, 0.25) is 0 Å². The van der Waals surface area contributed by atoms with Crippen molar-refractivity contribution in [1.82, 2.24) is 0 Å². The standard InChI is InChI=1S/C22H30FN/c1-2-3-4-5-16-6-7-18-13-19(9-8-17(18)12-16)20-10-11-21(15-24)22(23)14-20/h10-11,14,16-19H,2-9,12-13H2,1H3/i9D,13D2. The van der Waals surface area contributed by atoms with Crippen LogP contribution >= 0.6 is 0 Å². The average Bonchev–Trinajstić information content (AvgIpc) is 2.61. The number of nitrogens with zero attached hydrogens (tertiary/aromatic N) is 1. The fourth-order valence-electron chi connectivity index (χ4n) is 4.44. The van der Waals surface area contributed by atoms with Crippen molar-refractivity contribution >= 4 is 0 Å². The van der Waals surface area contributed by atoms with Gasteiger partial charge in [0.05, 0.1) is 5.56 Å². The monoisotopic (exact) mass is 330 g/mol. The number of fused-ring (bicyclic) bond motifs is 1. The van der Waals surface area contributed by atoms with Gasteiger partial charge in [0.25, 0.3) is 0 Å². The highest BCUT2D eigenvalue weighted by atomic mass is 19.1. The Balaban J connectivity index is 1.78. The Kier molecular flexibility index (Phi) is 4.71. The molecule has 0 aromatic heterocycles. The van der Waals surface area contributed by atoms with Gasteiger partial charge in [-0.15, -0.1) is 0 Å². The quantitative estimate of drug-likeness (QED) is 0.559. The Bertz CT molecular complexity index is 699. The van der Waals surface area contributed by atoms with Crippen molar-refractivity contribution in [3.63, 3.8) is 0 Å². The highest BCUT2D eigenvalue weighted by Crippen LogP contribution is 2.48. The zero-order chi connectivity index (χ0) is 19.6. The van der Waals surface area contributed by atoms with E-state index in [1.165, 1.54) is 37.8 Å². The van der Waals surface area contributed by atoms with E-state index in [1.807, 2.05) is 6.07 Å². The number of hydrogen-bond donors (Lipinski definition) is 0. The summed E-state index contributed by atoms with van der Waals surface area (Å²) in [5, 5.41) is 8.93. The van der Waals surface area contributed by atoms with Gasteiger partial charge in [0.15, 0.2) is 0 Å². The Morgan fingerprint density at radius 2 is 2.12 bits per heavy atom. The predicted molar refractivity (Wildman–Crippen MR) is 96.2 cm³/mol. The van der Waals surface area contributed by atoms with Crippen LogP contribution in [0.25, 0.3) is 0 Å². The van der Waals surface area contributed by atoms with E-state index in [0.29, 0.717) is 17.9 Å². The Hall–Kier alpha value is -1.36. The molecule has 130 valence electrons. The van der Waals surface area contributed by atoms with Gasteiger partial charge in [-0.2, -0.15) is 5.26 Å². The maximum atomic E-state index is 14.1. The molecule has 2 aliphatic carbocycles. The number of hydrogen-bond acceptors (Lipinski definition) is 1. The van der Waals surface area contributed by atoms with Crippen LogP contribution in [0.1, 0.15) is 92.2 Å². The van der Waals surface area contributed by atoms with Crippen molar-refractivity contribution in [3.05, 3.63) is 35.1 Å². The summed E-state index contributed by atoms with van der Waals surface area (Å²) in [7, 11) is 0. The molecular weight excluding hydrogens is 297 g/mol. The summed E-state index contributed by atoms with van der Waals surface area (Å²) in [5.41, 5.74) is 0.502. The summed E-state index contributed by atoms with van der Waals surface area (Å²) < 4.78 is 40.4. The number of benzene rings is 1. The largest absolute Gasteiger partial charge is 0.206 e. The van der Waals surface area contributed by atoms with Crippen LogP contribution in [0.3, 0.4) is 0 Å². The van der Waals surface area contributed by atoms with Crippen LogP contribution in [-0.4, -0.2) is 0 Å². The third kappa shape index (κ3) is 4.00. The molecule has 1 aromatic carbocycles. The third-order valence-corrected chi connectivity index (χ3v) is 5.85. The maximum Gasteiger partial charge on any atom is 0.141 e. The van der Waals surface area contributed by atoms with Gasteiger partial charge < -0.3 is 0 Å². The number of nitriles is 1. The first-order valence-electron chi connectivity index (χ1n) is 11.1. The molecule has 0 amide bonds. The first-order valence-corrected chi connectivity index (χ1v) is 9.50. The molecule has 2 saturated carbocycles. The Labute approximate surface area is 150 Å². The molecular formula is C22H30FN. The van der Waals surface area contributed by atoms with Crippen LogP contribution in [-0.2, 0) is 0 Å². The lowest BCUT2D eigenvalue weighted by Crippen LogP contribution is -2.30. The van der Waals surface area contributed by atoms with Crippen LogP contribution in [0.4, 0.5) is 4.39 Å². The van der Waals surface area contributed by atoms with Crippen molar-refractivity contribution in [2.75, 3.05) is 0 Å². The van der Waals surface area contributed by atoms with Gasteiger partial charge in [0.1, 0.15) is 11.9 Å². The normalized spacial score (nSPS) is 36.7. The fraction of sp³-hybridized carbons (Fsp3) is 0.682. The highest BCUT2D eigenvalue weighted by molar-refractivity contribution is 5.35. The summed E-state index contributed by atoms with van der Waals surface area (Å²) in [6.45, 7) is 2.21. The van der Waals surface area contributed by atoms with Gasteiger partial charge in [0, 0.05) is 4.11 Å². The predicted octanol–water partition coefficient (Wildman–Crippen LogP) is 6.58. The van der Waals surface area contributed by atoms with E-state index in [0.717, 1.165) is 19.3 Å². The van der Waals surface area contributed by atoms with E-state index in [4.69, 9.17) is 9.37 Å². The molecule has 0 aliphatic heterocycles. The number of rotatable bonds is 5. The van der Waals surface area contributed by atoms with E-state index >= 15 is 0 Å². The first kappa shape index (κ1) is 13.9. The topological polar surface area (TPSA) is 23.8 Å². The van der Waals surface area contributed by atoms with Crippen LogP contribution < -0.4 is 0 Å². The molecule has 1 nitrogen and oxygen atoms in total. The van der Waals surface area contributed by atoms with E-state index in [1.54, 1.807) is 6.07 Å².